The summed E-state index contributed by atoms with van der Waals surface area (Å²) in [5, 5.41) is 11.2. The van der Waals surface area contributed by atoms with Gasteiger partial charge in [-0.3, -0.25) is 9.59 Å². The SMILES string of the molecule is CCCCCCCCCCCCC1(CCCCCCCCCCCC)C(=O)SC(=C[O-])C1=O.[Na+]. The molecule has 0 spiro atoms. The zero-order valence-corrected chi connectivity index (χ0v) is 25.6. The number of unbranched alkanes of at least 4 members (excludes halogenated alkanes) is 18. The Morgan fingerprint density at radius 3 is 1.24 bits per heavy atom. The number of rotatable bonds is 22. The van der Waals surface area contributed by atoms with E-state index in [2.05, 4.69) is 13.8 Å². The Kier molecular flexibility index (Phi) is 22.6. The molecule has 0 N–H and O–H groups in total. The first kappa shape index (κ1) is 34.2. The maximum Gasteiger partial charge on any atom is 1.00 e. The Morgan fingerprint density at radius 2 is 0.941 bits per heavy atom. The van der Waals surface area contributed by atoms with E-state index in [1.807, 2.05) is 0 Å². The summed E-state index contributed by atoms with van der Waals surface area (Å²) in [6.07, 6.45) is 26.6. The number of hydrogen-bond acceptors (Lipinski definition) is 4. The summed E-state index contributed by atoms with van der Waals surface area (Å²) in [5.41, 5.74) is -0.915. The summed E-state index contributed by atoms with van der Waals surface area (Å²) >= 11 is 0.903. The monoisotopic (exact) mass is 502 g/mol. The Hall–Kier alpha value is 0.230. The van der Waals surface area contributed by atoms with Crippen LogP contribution in [0.2, 0.25) is 0 Å². The van der Waals surface area contributed by atoms with Crippen LogP contribution in [0.1, 0.15) is 155 Å². The van der Waals surface area contributed by atoms with Gasteiger partial charge in [0.15, 0.2) is 5.78 Å². The number of carbonyl (C=O) groups excluding carboxylic acids is 2. The van der Waals surface area contributed by atoms with Crippen molar-refractivity contribution in [1.29, 1.82) is 0 Å². The van der Waals surface area contributed by atoms with Crippen LogP contribution in [0.4, 0.5) is 0 Å². The van der Waals surface area contributed by atoms with E-state index in [1.54, 1.807) is 0 Å². The molecule has 3 nitrogen and oxygen atoms in total. The number of hydrogen-bond donors (Lipinski definition) is 0. The molecule has 1 aliphatic heterocycles. The van der Waals surface area contributed by atoms with Gasteiger partial charge in [-0.1, -0.05) is 142 Å². The van der Waals surface area contributed by atoms with Gasteiger partial charge in [0.2, 0.25) is 5.12 Å². The minimum absolute atomic E-state index is 0. The number of Topliss-reactive ketones (excluding diaryl/α,β-unsaturated/α-hetero) is 1. The predicted molar refractivity (Wildman–Crippen MR) is 141 cm³/mol. The van der Waals surface area contributed by atoms with Crippen LogP contribution in [-0.4, -0.2) is 10.9 Å². The summed E-state index contributed by atoms with van der Waals surface area (Å²) < 4.78 is 0. The fourth-order valence-corrected chi connectivity index (χ4v) is 6.06. The molecule has 34 heavy (non-hydrogen) atoms. The van der Waals surface area contributed by atoms with Crippen LogP contribution >= 0.6 is 11.8 Å². The molecule has 0 bridgehead atoms. The average molecular weight is 503 g/mol. The first-order valence-corrected chi connectivity index (χ1v) is 15.0. The largest absolute Gasteiger partial charge is 1.00 e. The van der Waals surface area contributed by atoms with E-state index >= 15 is 0 Å². The van der Waals surface area contributed by atoms with E-state index in [-0.39, 0.29) is 45.4 Å². The third-order valence-corrected chi connectivity index (χ3v) is 8.35. The Morgan fingerprint density at radius 1 is 0.618 bits per heavy atom. The third kappa shape index (κ3) is 13.5. The molecule has 0 aromatic rings. The number of carbonyl (C=O) groups is 2. The molecule has 192 valence electrons. The third-order valence-electron chi connectivity index (χ3n) is 7.27. The molecule has 1 fully saturated rings. The molecule has 1 heterocycles. The smallest absolute Gasteiger partial charge is 0.877 e. The van der Waals surface area contributed by atoms with Crippen molar-refractivity contribution in [3.8, 4) is 0 Å². The van der Waals surface area contributed by atoms with Crippen molar-refractivity contribution in [2.75, 3.05) is 0 Å². The first-order chi connectivity index (χ1) is 16.1. The second kappa shape index (κ2) is 22.4. The van der Waals surface area contributed by atoms with E-state index in [9.17, 15) is 14.7 Å². The predicted octanol–water partition coefficient (Wildman–Crippen LogP) is 5.64. The van der Waals surface area contributed by atoms with Crippen LogP contribution in [0.25, 0.3) is 0 Å². The average Bonchev–Trinajstić information content (AvgIpc) is 3.06. The van der Waals surface area contributed by atoms with Crippen LogP contribution in [-0.2, 0) is 9.59 Å². The minimum Gasteiger partial charge on any atom is -0.877 e. The van der Waals surface area contributed by atoms with Gasteiger partial charge < -0.3 is 5.11 Å². The molecule has 0 saturated carbocycles. The van der Waals surface area contributed by atoms with Crippen molar-refractivity contribution >= 4 is 22.7 Å². The summed E-state index contributed by atoms with van der Waals surface area (Å²) in [5.74, 6) is -0.181. The standard InChI is InChI=1S/C29H52O3S.Na/c1-3-5-7-9-11-13-15-17-19-21-23-29(27(31)26(25-30)33-28(29)32)24-22-20-18-16-14-12-10-8-6-4-2;/h25,30H,3-24H2,1-2H3;/q;+1/p-1. The molecule has 1 rings (SSSR count). The van der Waals surface area contributed by atoms with E-state index < -0.39 is 5.41 Å². The molecule has 0 amide bonds. The summed E-state index contributed by atoms with van der Waals surface area (Å²) in [7, 11) is 0. The Balaban J connectivity index is 0.0000109. The second-order valence-corrected chi connectivity index (χ2v) is 11.2. The van der Waals surface area contributed by atoms with Crippen LogP contribution in [0.5, 0.6) is 0 Å². The summed E-state index contributed by atoms with van der Waals surface area (Å²) in [6.45, 7) is 4.49. The van der Waals surface area contributed by atoms with Gasteiger partial charge in [0.1, 0.15) is 5.41 Å². The molecule has 1 saturated heterocycles. The molecule has 0 unspecified atom stereocenters. The van der Waals surface area contributed by atoms with Gasteiger partial charge in [0.25, 0.3) is 0 Å². The molecule has 0 radical (unpaired) electrons. The summed E-state index contributed by atoms with van der Waals surface area (Å²) in [4.78, 5) is 25.9. The molecular weight excluding hydrogens is 451 g/mol. The molecule has 5 heteroatoms. The van der Waals surface area contributed by atoms with Crippen molar-refractivity contribution in [3.63, 3.8) is 0 Å². The van der Waals surface area contributed by atoms with Crippen molar-refractivity contribution in [2.45, 2.75) is 155 Å². The molecule has 0 atom stereocenters. The van der Waals surface area contributed by atoms with Gasteiger partial charge in [-0.2, -0.15) is 0 Å². The fourth-order valence-electron chi connectivity index (χ4n) is 5.03. The van der Waals surface area contributed by atoms with E-state index in [0.717, 1.165) is 37.4 Å². The minimum atomic E-state index is -0.915. The van der Waals surface area contributed by atoms with Crippen LogP contribution < -0.4 is 34.7 Å². The van der Waals surface area contributed by atoms with Gasteiger partial charge in [0.05, 0.1) is 0 Å². The Bertz CT molecular complexity index is 538. The van der Waals surface area contributed by atoms with Crippen molar-refractivity contribution in [1.82, 2.24) is 0 Å². The zero-order chi connectivity index (χ0) is 24.2. The van der Waals surface area contributed by atoms with Crippen LogP contribution in [0.3, 0.4) is 0 Å². The quantitative estimate of drug-likeness (QED) is 0.0632. The topological polar surface area (TPSA) is 57.2 Å². The van der Waals surface area contributed by atoms with Gasteiger partial charge in [0, 0.05) is 4.91 Å². The molecule has 0 aromatic heterocycles. The maximum atomic E-state index is 12.9. The van der Waals surface area contributed by atoms with Gasteiger partial charge >= 0.3 is 29.6 Å². The molecular formula is C29H51NaO3S. The first-order valence-electron chi connectivity index (χ1n) is 14.2. The zero-order valence-electron chi connectivity index (χ0n) is 22.8. The second-order valence-electron chi connectivity index (χ2n) is 10.1. The van der Waals surface area contributed by atoms with Crippen molar-refractivity contribution < 1.29 is 44.3 Å². The van der Waals surface area contributed by atoms with Crippen molar-refractivity contribution in [3.05, 3.63) is 11.2 Å². The number of allylic oxidation sites excluding steroid dienone is 1. The van der Waals surface area contributed by atoms with Crippen LogP contribution in [0, 0.1) is 5.41 Å². The van der Waals surface area contributed by atoms with Gasteiger partial charge in [-0.15, -0.1) is 6.26 Å². The summed E-state index contributed by atoms with van der Waals surface area (Å²) in [6, 6.07) is 0. The molecule has 0 aliphatic carbocycles. The Labute approximate surface area is 237 Å². The van der Waals surface area contributed by atoms with Crippen LogP contribution in [0.15, 0.2) is 11.2 Å². The molecule has 0 aromatic carbocycles. The number of ketones is 1. The normalized spacial score (nSPS) is 16.4. The molecule has 1 aliphatic rings. The van der Waals surface area contributed by atoms with Crippen molar-refractivity contribution in [2.24, 2.45) is 5.41 Å². The number of thioether (sulfide) groups is 1. The van der Waals surface area contributed by atoms with E-state index in [0.29, 0.717) is 19.1 Å². The maximum absolute atomic E-state index is 12.9. The van der Waals surface area contributed by atoms with E-state index in [1.165, 1.54) is 103 Å². The van der Waals surface area contributed by atoms with Gasteiger partial charge in [-0.05, 0) is 24.6 Å². The fraction of sp³-hybridized carbons (Fsp3) is 0.862. The van der Waals surface area contributed by atoms with Gasteiger partial charge in [-0.25, -0.2) is 0 Å². The van der Waals surface area contributed by atoms with E-state index in [4.69, 9.17) is 0 Å².